The van der Waals surface area contributed by atoms with Crippen LogP contribution in [0, 0.1) is 0 Å². The van der Waals surface area contributed by atoms with Gasteiger partial charge in [-0.3, -0.25) is 0 Å². The van der Waals surface area contributed by atoms with Crippen LogP contribution in [-0.4, -0.2) is 37.4 Å². The molecular weight excluding hydrogens is 256 g/mol. The van der Waals surface area contributed by atoms with Gasteiger partial charge in [-0.25, -0.2) is 13.1 Å². The lowest BCUT2D eigenvalue weighted by Crippen LogP contribution is -2.51. The smallest absolute Gasteiger partial charge is 0.216 e. The molecule has 0 radical (unpaired) electrons. The quantitative estimate of drug-likeness (QED) is 0.519. The number of para-hydroxylation sites is 1. The number of nitrogens with two attached hydrogens (primary N) is 1. The molecule has 0 fully saturated rings. The van der Waals surface area contributed by atoms with Gasteiger partial charge >= 0.3 is 0 Å². The number of hydrogen-bond donors (Lipinski definition) is 4. The molecule has 7 heteroatoms. The van der Waals surface area contributed by atoms with Crippen molar-refractivity contribution in [2.75, 3.05) is 18.9 Å². The van der Waals surface area contributed by atoms with Crippen LogP contribution in [0.2, 0.25) is 0 Å². The van der Waals surface area contributed by atoms with Gasteiger partial charge in [-0.15, -0.1) is 0 Å². The minimum Gasteiger partial charge on any atom is -0.398 e. The molecule has 5 N–H and O–H groups in total. The zero-order valence-electron chi connectivity index (χ0n) is 10.1. The summed E-state index contributed by atoms with van der Waals surface area (Å²) >= 11 is 0. The van der Waals surface area contributed by atoms with Crippen LogP contribution in [0.1, 0.15) is 12.5 Å². The fourth-order valence-electron chi connectivity index (χ4n) is 1.40. The van der Waals surface area contributed by atoms with Gasteiger partial charge in [-0.1, -0.05) is 18.2 Å². The molecule has 1 aromatic carbocycles. The lowest BCUT2D eigenvalue weighted by molar-refractivity contribution is 0.121. The molecule has 0 spiro atoms. The Morgan fingerprint density at radius 2 is 1.83 bits per heavy atom. The summed E-state index contributed by atoms with van der Waals surface area (Å²) in [6.45, 7) is 0.429. The highest BCUT2D eigenvalue weighted by atomic mass is 32.2. The van der Waals surface area contributed by atoms with Crippen molar-refractivity contribution in [3.63, 3.8) is 0 Å². The Balaban J connectivity index is 2.87. The first-order valence-electron chi connectivity index (χ1n) is 5.39. The predicted octanol–water partition coefficient (Wildman–Crippen LogP) is -0.568. The monoisotopic (exact) mass is 274 g/mol. The lowest BCUT2D eigenvalue weighted by Gasteiger charge is -2.25. The van der Waals surface area contributed by atoms with Crippen LogP contribution in [0.3, 0.4) is 0 Å². The number of nitrogens with one attached hydrogen (secondary N) is 1. The maximum absolute atomic E-state index is 11.9. The van der Waals surface area contributed by atoms with E-state index in [-0.39, 0.29) is 5.75 Å². The number of rotatable bonds is 6. The second kappa shape index (κ2) is 5.66. The van der Waals surface area contributed by atoms with Crippen LogP contribution in [0.25, 0.3) is 0 Å². The molecule has 0 heterocycles. The molecule has 0 bridgehead atoms. The number of nitrogen functional groups attached to an aromatic ring is 1. The first-order valence-corrected chi connectivity index (χ1v) is 7.04. The van der Waals surface area contributed by atoms with E-state index in [1.165, 1.54) is 6.92 Å². The number of benzene rings is 1. The number of aliphatic hydroxyl groups excluding tert-OH is 2. The van der Waals surface area contributed by atoms with Crippen molar-refractivity contribution in [1.82, 2.24) is 4.72 Å². The van der Waals surface area contributed by atoms with E-state index >= 15 is 0 Å². The Labute approximate surface area is 106 Å². The number of hydrogen-bond acceptors (Lipinski definition) is 5. The van der Waals surface area contributed by atoms with Crippen molar-refractivity contribution in [1.29, 1.82) is 0 Å². The molecule has 0 unspecified atom stereocenters. The zero-order chi connectivity index (χ0) is 13.8. The summed E-state index contributed by atoms with van der Waals surface area (Å²) in [5.41, 5.74) is 5.25. The highest BCUT2D eigenvalue weighted by Crippen LogP contribution is 2.15. The molecule has 1 rings (SSSR count). The van der Waals surface area contributed by atoms with Gasteiger partial charge in [0.05, 0.1) is 24.5 Å². The minimum atomic E-state index is -3.69. The summed E-state index contributed by atoms with van der Waals surface area (Å²) in [7, 11) is -3.69. The van der Waals surface area contributed by atoms with E-state index < -0.39 is 28.8 Å². The average Bonchev–Trinajstić information content (AvgIpc) is 2.31. The third-order valence-electron chi connectivity index (χ3n) is 2.50. The zero-order valence-corrected chi connectivity index (χ0v) is 10.9. The largest absolute Gasteiger partial charge is 0.398 e. The van der Waals surface area contributed by atoms with E-state index in [1.807, 2.05) is 0 Å². The Bertz CT molecular complexity index is 498. The summed E-state index contributed by atoms with van der Waals surface area (Å²) in [4.78, 5) is 0. The topological polar surface area (TPSA) is 113 Å². The summed E-state index contributed by atoms with van der Waals surface area (Å²) < 4.78 is 26.1. The number of sulfonamides is 1. The number of aliphatic hydroxyl groups is 2. The third kappa shape index (κ3) is 3.95. The second-order valence-electron chi connectivity index (χ2n) is 4.44. The molecule has 0 aliphatic carbocycles. The molecule has 6 nitrogen and oxygen atoms in total. The van der Waals surface area contributed by atoms with Gasteiger partial charge in [0.1, 0.15) is 0 Å². The lowest BCUT2D eigenvalue weighted by atomic mass is 10.1. The molecule has 18 heavy (non-hydrogen) atoms. The van der Waals surface area contributed by atoms with Crippen LogP contribution in [-0.2, 0) is 15.8 Å². The van der Waals surface area contributed by atoms with Crippen LogP contribution >= 0.6 is 0 Å². The Kier molecular flexibility index (Phi) is 4.69. The molecule has 102 valence electrons. The highest BCUT2D eigenvalue weighted by Gasteiger charge is 2.28. The van der Waals surface area contributed by atoms with Crippen molar-refractivity contribution in [2.24, 2.45) is 0 Å². The van der Waals surface area contributed by atoms with Crippen molar-refractivity contribution in [3.8, 4) is 0 Å². The molecule has 0 aromatic heterocycles. The maximum Gasteiger partial charge on any atom is 0.216 e. The van der Waals surface area contributed by atoms with E-state index in [0.717, 1.165) is 0 Å². The average molecular weight is 274 g/mol. The summed E-state index contributed by atoms with van der Waals surface area (Å²) in [5, 5.41) is 18.1. The molecular formula is C11H18N2O4S. The minimum absolute atomic E-state index is 0.296. The molecule has 0 aliphatic rings. The van der Waals surface area contributed by atoms with Crippen molar-refractivity contribution >= 4 is 15.7 Å². The van der Waals surface area contributed by atoms with Gasteiger partial charge in [-0.05, 0) is 18.6 Å². The normalized spacial score (nSPS) is 12.6. The van der Waals surface area contributed by atoms with Crippen LogP contribution in [0.4, 0.5) is 5.69 Å². The fraction of sp³-hybridized carbons (Fsp3) is 0.455. The molecule has 0 aliphatic heterocycles. The fourth-order valence-corrected chi connectivity index (χ4v) is 3.02. The SMILES string of the molecule is CC(CO)(CO)NS(=O)(=O)Cc1ccccc1N. The highest BCUT2D eigenvalue weighted by molar-refractivity contribution is 7.88. The van der Waals surface area contributed by atoms with Gasteiger partial charge in [0, 0.05) is 5.69 Å². The van der Waals surface area contributed by atoms with Crippen molar-refractivity contribution < 1.29 is 18.6 Å². The summed E-state index contributed by atoms with van der Waals surface area (Å²) in [6.07, 6.45) is 0. The molecule has 0 atom stereocenters. The Morgan fingerprint density at radius 1 is 1.28 bits per heavy atom. The molecule has 0 saturated carbocycles. The van der Waals surface area contributed by atoms with Gasteiger partial charge in [-0.2, -0.15) is 0 Å². The van der Waals surface area contributed by atoms with Crippen LogP contribution in [0.5, 0.6) is 0 Å². The molecule has 0 saturated heterocycles. The summed E-state index contributed by atoms with van der Waals surface area (Å²) in [5.74, 6) is -0.296. The van der Waals surface area contributed by atoms with Gasteiger partial charge < -0.3 is 15.9 Å². The predicted molar refractivity (Wildman–Crippen MR) is 69.2 cm³/mol. The third-order valence-corrected chi connectivity index (χ3v) is 4.00. The second-order valence-corrected chi connectivity index (χ2v) is 6.16. The van der Waals surface area contributed by atoms with E-state index in [4.69, 9.17) is 15.9 Å². The number of anilines is 1. The maximum atomic E-state index is 11.9. The van der Waals surface area contributed by atoms with E-state index in [1.54, 1.807) is 24.3 Å². The first-order chi connectivity index (χ1) is 8.32. The van der Waals surface area contributed by atoms with E-state index in [0.29, 0.717) is 11.3 Å². The first kappa shape index (κ1) is 14.9. The van der Waals surface area contributed by atoms with Crippen molar-refractivity contribution in [3.05, 3.63) is 29.8 Å². The Hall–Kier alpha value is -1.15. The summed E-state index contributed by atoms with van der Waals surface area (Å²) in [6, 6.07) is 6.63. The Morgan fingerprint density at radius 3 is 2.33 bits per heavy atom. The van der Waals surface area contributed by atoms with Gasteiger partial charge in [0.25, 0.3) is 0 Å². The van der Waals surface area contributed by atoms with Gasteiger partial charge in [0.2, 0.25) is 10.0 Å². The van der Waals surface area contributed by atoms with Gasteiger partial charge in [0.15, 0.2) is 0 Å². The standard InChI is InChI=1S/C11H18N2O4S/c1-11(7-14,8-15)13-18(16,17)6-9-4-2-3-5-10(9)12/h2-5,13-15H,6-8,12H2,1H3. The molecule has 1 aromatic rings. The van der Waals surface area contributed by atoms with E-state index in [2.05, 4.69) is 4.72 Å². The van der Waals surface area contributed by atoms with Crippen LogP contribution < -0.4 is 10.5 Å². The van der Waals surface area contributed by atoms with Crippen LogP contribution in [0.15, 0.2) is 24.3 Å². The van der Waals surface area contributed by atoms with E-state index in [9.17, 15) is 8.42 Å². The van der Waals surface area contributed by atoms with Crippen molar-refractivity contribution in [2.45, 2.75) is 18.2 Å². The molecule has 0 amide bonds.